The van der Waals surface area contributed by atoms with Gasteiger partial charge in [-0.25, -0.2) is 4.79 Å². The van der Waals surface area contributed by atoms with E-state index in [1.165, 1.54) is 0 Å². The molecule has 1 saturated heterocycles. The van der Waals surface area contributed by atoms with Gasteiger partial charge in [0.05, 0.1) is 24.5 Å². The van der Waals surface area contributed by atoms with Gasteiger partial charge in [0.15, 0.2) is 0 Å². The summed E-state index contributed by atoms with van der Waals surface area (Å²) in [4.78, 5) is 24.2. The van der Waals surface area contributed by atoms with E-state index in [2.05, 4.69) is 6.58 Å². The largest absolute Gasteiger partial charge is 0.461 e. The average Bonchev–Trinajstić information content (AvgIpc) is 2.78. The van der Waals surface area contributed by atoms with Gasteiger partial charge in [-0.15, -0.1) is 0 Å². The number of aliphatic hydroxyl groups is 2. The fourth-order valence-electron chi connectivity index (χ4n) is 3.21. The van der Waals surface area contributed by atoms with Crippen molar-refractivity contribution in [2.24, 2.45) is 11.8 Å². The molecule has 0 bridgehead atoms. The van der Waals surface area contributed by atoms with Crippen molar-refractivity contribution < 1.29 is 29.3 Å². The van der Waals surface area contributed by atoms with Crippen LogP contribution in [0.25, 0.3) is 0 Å². The molecule has 0 aromatic rings. The second-order valence-electron chi connectivity index (χ2n) is 6.98. The summed E-state index contributed by atoms with van der Waals surface area (Å²) < 4.78 is 11.0. The molecule has 0 amide bonds. The van der Waals surface area contributed by atoms with E-state index in [1.54, 1.807) is 19.1 Å². The van der Waals surface area contributed by atoms with Crippen molar-refractivity contribution in [3.63, 3.8) is 0 Å². The monoisotopic (exact) mass is 350 g/mol. The Bertz CT molecular complexity index is 617. The van der Waals surface area contributed by atoms with E-state index in [1.807, 2.05) is 13.8 Å². The zero-order valence-electron chi connectivity index (χ0n) is 14.9. The van der Waals surface area contributed by atoms with E-state index in [-0.39, 0.29) is 12.2 Å². The minimum atomic E-state index is -0.660. The van der Waals surface area contributed by atoms with Crippen molar-refractivity contribution in [1.29, 1.82) is 0 Å². The van der Waals surface area contributed by atoms with Crippen LogP contribution in [-0.4, -0.2) is 47.1 Å². The van der Waals surface area contributed by atoms with Crippen molar-refractivity contribution >= 4 is 11.9 Å². The summed E-state index contributed by atoms with van der Waals surface area (Å²) in [5, 5.41) is 19.3. The van der Waals surface area contributed by atoms with Gasteiger partial charge in [-0.3, -0.25) is 4.79 Å². The van der Waals surface area contributed by atoms with Crippen molar-refractivity contribution in [2.45, 2.75) is 51.9 Å². The first-order chi connectivity index (χ1) is 11.7. The van der Waals surface area contributed by atoms with Crippen molar-refractivity contribution in [2.75, 3.05) is 6.61 Å². The fraction of sp³-hybridized carbons (Fsp3) is 0.579. The Morgan fingerprint density at radius 2 is 2.00 bits per heavy atom. The van der Waals surface area contributed by atoms with Crippen LogP contribution < -0.4 is 0 Å². The zero-order valence-corrected chi connectivity index (χ0v) is 14.9. The number of carbonyl (C=O) groups is 2. The van der Waals surface area contributed by atoms with Crippen molar-refractivity contribution in [3.05, 3.63) is 35.5 Å². The Balaban J connectivity index is 2.39. The lowest BCUT2D eigenvalue weighted by atomic mass is 9.85. The third-order valence-electron chi connectivity index (χ3n) is 4.59. The third-order valence-corrected chi connectivity index (χ3v) is 4.59. The predicted octanol–water partition coefficient (Wildman–Crippen LogP) is 1.67. The summed E-state index contributed by atoms with van der Waals surface area (Å²) in [5.41, 5.74) is 2.00. The van der Waals surface area contributed by atoms with Crippen LogP contribution in [0.4, 0.5) is 0 Å². The topological polar surface area (TPSA) is 93.1 Å². The summed E-state index contributed by atoms with van der Waals surface area (Å²) in [6.07, 6.45) is 2.42. The van der Waals surface area contributed by atoms with Crippen LogP contribution >= 0.6 is 0 Å². The molecule has 0 unspecified atom stereocenters. The normalized spacial score (nSPS) is 35.6. The molecule has 2 aliphatic rings. The maximum absolute atomic E-state index is 12.2. The van der Waals surface area contributed by atoms with E-state index in [9.17, 15) is 14.7 Å². The summed E-state index contributed by atoms with van der Waals surface area (Å²) in [5.74, 6) is -2.19. The Labute approximate surface area is 147 Å². The molecule has 5 atom stereocenters. The Hall–Kier alpha value is -1.92. The van der Waals surface area contributed by atoms with Gasteiger partial charge in [-0.05, 0) is 33.3 Å². The van der Waals surface area contributed by atoms with Gasteiger partial charge in [-0.2, -0.15) is 0 Å². The van der Waals surface area contributed by atoms with Crippen LogP contribution in [0.15, 0.2) is 35.5 Å². The standard InChI is InChI=1S/C19H26O6/c1-10-5-14(21)6-11(2)8-16-17(13(4)19(23)25-16)15(7-10)24-18(22)12(3)9-20/h5,8,12,14-17,20-21H,4,6-7,9H2,1-3H3/b10-5+,11-8+/t12-,14-,15+,16+,17+/m0/s1. The van der Waals surface area contributed by atoms with Crippen LogP contribution in [-0.2, 0) is 19.1 Å². The lowest BCUT2D eigenvalue weighted by Crippen LogP contribution is -2.35. The van der Waals surface area contributed by atoms with Crippen LogP contribution in [0.2, 0.25) is 0 Å². The average molecular weight is 350 g/mol. The Morgan fingerprint density at radius 3 is 2.64 bits per heavy atom. The minimum absolute atomic E-state index is 0.275. The molecule has 1 aliphatic heterocycles. The molecular formula is C19H26O6. The quantitative estimate of drug-likeness (QED) is 0.457. The van der Waals surface area contributed by atoms with Gasteiger partial charge >= 0.3 is 11.9 Å². The number of hydrogen-bond donors (Lipinski definition) is 2. The first-order valence-corrected chi connectivity index (χ1v) is 8.46. The molecule has 0 saturated carbocycles. The van der Waals surface area contributed by atoms with Crippen LogP contribution in [0, 0.1) is 11.8 Å². The third kappa shape index (κ3) is 4.58. The summed E-state index contributed by atoms with van der Waals surface area (Å²) in [6.45, 7) is 8.77. The SMILES string of the molecule is C=C1C(=O)O[C@@H]2/C=C(\C)C[C@@H](O)/C=C(\C)C[C@@H](OC(=O)[C@@H](C)CO)[C@@H]12. The first-order valence-electron chi connectivity index (χ1n) is 8.46. The number of rotatable bonds is 3. The highest BCUT2D eigenvalue weighted by Gasteiger charge is 2.44. The van der Waals surface area contributed by atoms with E-state index in [4.69, 9.17) is 14.6 Å². The van der Waals surface area contributed by atoms with Crippen LogP contribution in [0.1, 0.15) is 33.6 Å². The number of aliphatic hydroxyl groups excluding tert-OH is 2. The second-order valence-corrected chi connectivity index (χ2v) is 6.98. The van der Waals surface area contributed by atoms with Crippen molar-refractivity contribution in [1.82, 2.24) is 0 Å². The fourth-order valence-corrected chi connectivity index (χ4v) is 3.21. The Kier molecular flexibility index (Phi) is 6.19. The number of ether oxygens (including phenoxy) is 2. The number of esters is 2. The lowest BCUT2D eigenvalue weighted by molar-refractivity contribution is -0.157. The molecule has 0 aromatic heterocycles. The molecule has 138 valence electrons. The smallest absolute Gasteiger partial charge is 0.334 e. The van der Waals surface area contributed by atoms with Gasteiger partial charge in [0.1, 0.15) is 12.2 Å². The highest BCUT2D eigenvalue weighted by atomic mass is 16.6. The zero-order chi connectivity index (χ0) is 18.7. The molecule has 1 fully saturated rings. The molecule has 1 heterocycles. The van der Waals surface area contributed by atoms with E-state index < -0.39 is 42.1 Å². The molecule has 2 N–H and O–H groups in total. The minimum Gasteiger partial charge on any atom is -0.461 e. The van der Waals surface area contributed by atoms with Gasteiger partial charge < -0.3 is 19.7 Å². The molecule has 0 aromatic carbocycles. The highest BCUT2D eigenvalue weighted by molar-refractivity contribution is 5.91. The molecule has 0 spiro atoms. The summed E-state index contributed by atoms with van der Waals surface area (Å²) in [7, 11) is 0. The number of carbonyl (C=O) groups excluding carboxylic acids is 2. The van der Waals surface area contributed by atoms with Gasteiger partial charge in [-0.1, -0.05) is 23.8 Å². The molecule has 2 rings (SSSR count). The van der Waals surface area contributed by atoms with E-state index in [0.29, 0.717) is 12.8 Å². The van der Waals surface area contributed by atoms with E-state index >= 15 is 0 Å². The maximum atomic E-state index is 12.2. The van der Waals surface area contributed by atoms with Gasteiger partial charge in [0, 0.05) is 12.0 Å². The first kappa shape index (κ1) is 19.4. The van der Waals surface area contributed by atoms with Crippen molar-refractivity contribution in [3.8, 4) is 0 Å². The van der Waals surface area contributed by atoms with Gasteiger partial charge in [0.2, 0.25) is 0 Å². The molecule has 0 radical (unpaired) electrons. The number of hydrogen-bond acceptors (Lipinski definition) is 6. The lowest BCUT2D eigenvalue weighted by Gasteiger charge is -2.28. The molecule has 6 nitrogen and oxygen atoms in total. The summed E-state index contributed by atoms with van der Waals surface area (Å²) >= 11 is 0. The molecular weight excluding hydrogens is 324 g/mol. The highest BCUT2D eigenvalue weighted by Crippen LogP contribution is 2.36. The maximum Gasteiger partial charge on any atom is 0.334 e. The predicted molar refractivity (Wildman–Crippen MR) is 91.4 cm³/mol. The van der Waals surface area contributed by atoms with Gasteiger partial charge in [0.25, 0.3) is 0 Å². The van der Waals surface area contributed by atoms with E-state index in [0.717, 1.165) is 11.1 Å². The second kappa shape index (κ2) is 7.97. The number of fused-ring (bicyclic) bond motifs is 1. The Morgan fingerprint density at radius 1 is 1.36 bits per heavy atom. The van der Waals surface area contributed by atoms with Crippen LogP contribution in [0.5, 0.6) is 0 Å². The van der Waals surface area contributed by atoms with Crippen LogP contribution in [0.3, 0.4) is 0 Å². The molecule has 25 heavy (non-hydrogen) atoms. The molecule has 6 heteroatoms. The summed E-state index contributed by atoms with van der Waals surface area (Å²) in [6, 6.07) is 0. The molecule has 1 aliphatic carbocycles.